The molecule has 0 saturated heterocycles. The van der Waals surface area contributed by atoms with Crippen LogP contribution in [-0.4, -0.2) is 4.98 Å². The number of rotatable bonds is 7. The maximum Gasteiger partial charge on any atom is 0.356 e. The Morgan fingerprint density at radius 1 is 1.16 bits per heavy atom. The molecule has 0 spiro atoms. The molecule has 4 nitrogen and oxygen atoms in total. The first-order valence-corrected chi connectivity index (χ1v) is 9.25. The van der Waals surface area contributed by atoms with Crippen molar-refractivity contribution in [1.82, 2.24) is 4.98 Å². The number of aromatic amines is 1. The molecule has 0 amide bonds. The fraction of sp³-hybridized carbons (Fsp3) is 0.316. The van der Waals surface area contributed by atoms with Crippen LogP contribution in [0.25, 0.3) is 11.0 Å². The molecule has 25 heavy (non-hydrogen) atoms. The van der Waals surface area contributed by atoms with E-state index in [0.29, 0.717) is 17.1 Å². The summed E-state index contributed by atoms with van der Waals surface area (Å²) in [4.78, 5) is 3.39. The zero-order chi connectivity index (χ0) is 17.8. The number of anilines is 1. The van der Waals surface area contributed by atoms with Crippen LogP contribution in [0.2, 0.25) is 10.0 Å². The van der Waals surface area contributed by atoms with E-state index in [2.05, 4.69) is 27.9 Å². The number of nitrogens with zero attached hydrogens (tertiary/aromatic N) is 1. The van der Waals surface area contributed by atoms with Gasteiger partial charge in [0.25, 0.3) is 0 Å². The molecular formula is C19H21Cl2N3O. The molecule has 0 radical (unpaired) electrons. The minimum Gasteiger partial charge on any atom is -0.871 e. The fourth-order valence-corrected chi connectivity index (χ4v) is 3.48. The van der Waals surface area contributed by atoms with Crippen LogP contribution in [0.1, 0.15) is 31.7 Å². The Morgan fingerprint density at radius 3 is 2.76 bits per heavy atom. The third-order valence-corrected chi connectivity index (χ3v) is 4.73. The number of hydrogen-bond acceptors (Lipinski definition) is 2. The lowest BCUT2D eigenvalue weighted by atomic mass is 10.2. The largest absolute Gasteiger partial charge is 0.871 e. The van der Waals surface area contributed by atoms with E-state index in [1.54, 1.807) is 6.07 Å². The highest BCUT2D eigenvalue weighted by molar-refractivity contribution is 6.35. The van der Waals surface area contributed by atoms with Crippen LogP contribution in [0, 0.1) is 0 Å². The molecule has 1 aromatic heterocycles. The summed E-state index contributed by atoms with van der Waals surface area (Å²) in [7, 11) is 0. The molecule has 2 aromatic carbocycles. The summed E-state index contributed by atoms with van der Waals surface area (Å²) < 4.78 is 2.22. The molecule has 0 aliphatic rings. The topological polar surface area (TPSA) is 54.8 Å². The number of halogens is 2. The van der Waals surface area contributed by atoms with E-state index in [1.165, 1.54) is 18.9 Å². The van der Waals surface area contributed by atoms with Crippen molar-refractivity contribution in [3.63, 3.8) is 0 Å². The van der Waals surface area contributed by atoms with Crippen molar-refractivity contribution in [2.24, 2.45) is 0 Å². The fourth-order valence-electron chi connectivity index (χ4n) is 2.95. The Bertz CT molecular complexity index is 876. The molecule has 1 heterocycles. The summed E-state index contributed by atoms with van der Waals surface area (Å²) >= 11 is 12.0. The minimum atomic E-state index is -0.188. The van der Waals surface area contributed by atoms with E-state index in [1.807, 2.05) is 18.2 Å². The lowest BCUT2D eigenvalue weighted by molar-refractivity contribution is -0.657. The number of hydrogen-bond donors (Lipinski definition) is 2. The second-order valence-electron chi connectivity index (χ2n) is 6.08. The van der Waals surface area contributed by atoms with Gasteiger partial charge in [0.2, 0.25) is 0 Å². The molecule has 0 fully saturated rings. The monoisotopic (exact) mass is 377 g/mol. The van der Waals surface area contributed by atoms with Crippen LogP contribution < -0.4 is 15.0 Å². The first kappa shape index (κ1) is 17.9. The Labute approximate surface area is 157 Å². The minimum absolute atomic E-state index is 0.150. The molecule has 0 saturated carbocycles. The van der Waals surface area contributed by atoms with E-state index < -0.39 is 0 Å². The molecule has 3 rings (SSSR count). The summed E-state index contributed by atoms with van der Waals surface area (Å²) in [5.74, 6) is 0.694. The van der Waals surface area contributed by atoms with Gasteiger partial charge in [-0.05, 0) is 36.2 Å². The van der Waals surface area contributed by atoms with Gasteiger partial charge in [0.15, 0.2) is 0 Å². The van der Waals surface area contributed by atoms with Crippen LogP contribution >= 0.6 is 23.2 Å². The number of para-hydroxylation sites is 2. The molecule has 0 atom stereocenters. The third-order valence-electron chi connectivity index (χ3n) is 4.23. The van der Waals surface area contributed by atoms with Gasteiger partial charge in [-0.15, -0.1) is 0 Å². The SMILES string of the molecule is CCCCC[n+]1c(NCc2cc(Cl)cc(Cl)c2[O-])[nH]c2ccccc21. The second kappa shape index (κ2) is 7.98. The van der Waals surface area contributed by atoms with Gasteiger partial charge in [-0.1, -0.05) is 60.8 Å². The Morgan fingerprint density at radius 2 is 1.96 bits per heavy atom. The summed E-state index contributed by atoms with van der Waals surface area (Å²) in [6.45, 7) is 3.47. The van der Waals surface area contributed by atoms with Gasteiger partial charge in [0.05, 0.1) is 13.1 Å². The van der Waals surface area contributed by atoms with Crippen LogP contribution in [0.5, 0.6) is 5.75 Å². The van der Waals surface area contributed by atoms with Gasteiger partial charge in [0.1, 0.15) is 11.0 Å². The molecule has 0 aliphatic carbocycles. The first-order chi connectivity index (χ1) is 12.1. The van der Waals surface area contributed by atoms with Gasteiger partial charge in [-0.3, -0.25) is 5.32 Å². The van der Waals surface area contributed by atoms with E-state index in [9.17, 15) is 5.11 Å². The Hall–Kier alpha value is -1.91. The van der Waals surface area contributed by atoms with Crippen molar-refractivity contribution in [2.75, 3.05) is 5.32 Å². The number of nitrogens with one attached hydrogen (secondary N) is 2. The van der Waals surface area contributed by atoms with Crippen molar-refractivity contribution in [1.29, 1.82) is 0 Å². The number of aromatic nitrogens is 2. The maximum atomic E-state index is 12.2. The number of unbranched alkanes of at least 4 members (excludes halogenated alkanes) is 2. The van der Waals surface area contributed by atoms with Gasteiger partial charge in [0, 0.05) is 10.0 Å². The van der Waals surface area contributed by atoms with Crippen molar-refractivity contribution < 1.29 is 9.67 Å². The zero-order valence-electron chi connectivity index (χ0n) is 14.1. The van der Waals surface area contributed by atoms with Gasteiger partial charge in [-0.2, -0.15) is 0 Å². The highest BCUT2D eigenvalue weighted by Gasteiger charge is 2.16. The number of benzene rings is 2. The Balaban J connectivity index is 1.86. The summed E-state index contributed by atoms with van der Waals surface area (Å²) in [5.41, 5.74) is 2.76. The molecule has 0 aliphatic heterocycles. The van der Waals surface area contributed by atoms with E-state index in [-0.39, 0.29) is 10.8 Å². The quantitative estimate of drug-likeness (QED) is 0.465. The maximum absolute atomic E-state index is 12.2. The summed E-state index contributed by atoms with van der Waals surface area (Å²) in [6.07, 6.45) is 3.46. The molecule has 0 unspecified atom stereocenters. The van der Waals surface area contributed by atoms with Crippen LogP contribution in [-0.2, 0) is 13.1 Å². The average molecular weight is 378 g/mol. The van der Waals surface area contributed by atoms with Crippen LogP contribution in [0.3, 0.4) is 0 Å². The van der Waals surface area contributed by atoms with E-state index in [4.69, 9.17) is 23.2 Å². The highest BCUT2D eigenvalue weighted by Crippen LogP contribution is 2.29. The number of aryl methyl sites for hydroxylation is 1. The summed E-state index contributed by atoms with van der Waals surface area (Å²) in [6, 6.07) is 11.3. The standard InChI is InChI=1S/C19H21Cl2N3O/c1-2-3-6-9-24-17-8-5-4-7-16(17)23-19(24)22-12-13-10-14(20)11-15(21)18(13)25/h4-5,7-8,10-11H,2-3,6,9,12H2,1H3,(H2,22,23,25). The van der Waals surface area contributed by atoms with Crippen molar-refractivity contribution in [2.45, 2.75) is 39.3 Å². The predicted molar refractivity (Wildman–Crippen MR) is 101 cm³/mol. The third kappa shape index (κ3) is 4.02. The number of fused-ring (bicyclic) bond motifs is 1. The van der Waals surface area contributed by atoms with E-state index >= 15 is 0 Å². The number of imidazole rings is 1. The molecule has 132 valence electrons. The second-order valence-corrected chi connectivity index (χ2v) is 6.92. The van der Waals surface area contributed by atoms with Crippen molar-refractivity contribution in [3.8, 4) is 5.75 Å². The lowest BCUT2D eigenvalue weighted by Crippen LogP contribution is -2.36. The molecule has 2 N–H and O–H groups in total. The molecular weight excluding hydrogens is 357 g/mol. The zero-order valence-corrected chi connectivity index (χ0v) is 15.6. The van der Waals surface area contributed by atoms with Crippen molar-refractivity contribution in [3.05, 3.63) is 52.0 Å². The summed E-state index contributed by atoms with van der Waals surface area (Å²) in [5, 5.41) is 16.1. The van der Waals surface area contributed by atoms with Crippen LogP contribution in [0.15, 0.2) is 36.4 Å². The molecule has 6 heteroatoms. The number of H-pyrrole nitrogens is 1. The first-order valence-electron chi connectivity index (χ1n) is 8.49. The van der Waals surface area contributed by atoms with Gasteiger partial charge < -0.3 is 5.11 Å². The van der Waals surface area contributed by atoms with E-state index in [0.717, 1.165) is 29.9 Å². The van der Waals surface area contributed by atoms with Crippen molar-refractivity contribution >= 4 is 40.2 Å². The normalized spacial score (nSPS) is 11.2. The predicted octanol–water partition coefficient (Wildman–Crippen LogP) is 4.64. The Kier molecular flexibility index (Phi) is 5.71. The van der Waals surface area contributed by atoms with Crippen LogP contribution in [0.4, 0.5) is 5.95 Å². The highest BCUT2D eigenvalue weighted by atomic mass is 35.5. The lowest BCUT2D eigenvalue weighted by Gasteiger charge is -2.15. The van der Waals surface area contributed by atoms with Gasteiger partial charge in [-0.25, -0.2) is 9.55 Å². The average Bonchev–Trinajstić information content (AvgIpc) is 2.95. The smallest absolute Gasteiger partial charge is 0.356 e. The van der Waals surface area contributed by atoms with Gasteiger partial charge >= 0.3 is 5.95 Å². The molecule has 0 bridgehead atoms. The molecule has 3 aromatic rings.